The average molecular weight is 239 g/mol. The van der Waals surface area contributed by atoms with E-state index in [4.69, 9.17) is 4.74 Å². The summed E-state index contributed by atoms with van der Waals surface area (Å²) in [7, 11) is 0. The molecule has 92 valence electrons. The second-order valence-electron chi connectivity index (χ2n) is 3.95. The van der Waals surface area contributed by atoms with Crippen molar-refractivity contribution in [3.63, 3.8) is 0 Å². The van der Waals surface area contributed by atoms with Crippen molar-refractivity contribution < 1.29 is 19.0 Å². The number of benzene rings is 1. The van der Waals surface area contributed by atoms with Crippen molar-refractivity contribution >= 4 is 11.5 Å². The molecule has 1 aromatic carbocycles. The highest BCUT2D eigenvalue weighted by atomic mass is 19.1. The van der Waals surface area contributed by atoms with Crippen molar-refractivity contribution in [2.24, 2.45) is 0 Å². The van der Waals surface area contributed by atoms with Gasteiger partial charge in [0.2, 0.25) is 0 Å². The van der Waals surface area contributed by atoms with Gasteiger partial charge in [-0.25, -0.2) is 4.39 Å². The molecule has 1 fully saturated rings. The third-order valence-corrected chi connectivity index (χ3v) is 2.83. The molecule has 1 aliphatic heterocycles. The van der Waals surface area contributed by atoms with Gasteiger partial charge in [0, 0.05) is 13.1 Å². The summed E-state index contributed by atoms with van der Waals surface area (Å²) < 4.78 is 19.1. The van der Waals surface area contributed by atoms with Crippen LogP contribution in [-0.4, -0.2) is 37.2 Å². The molecule has 1 heterocycles. The normalized spacial score (nSPS) is 16.0. The molecule has 0 atom stereocenters. The van der Waals surface area contributed by atoms with E-state index in [1.54, 1.807) is 4.90 Å². The topological polar surface area (TPSA) is 49.8 Å². The standard InChI is InChI=1S/C12H14FNO3/c1-8(15)9-2-3-10(11(13)12(9)16)14-4-6-17-7-5-14/h2-3,16H,4-7H2,1H3. The van der Waals surface area contributed by atoms with Gasteiger partial charge in [-0.1, -0.05) is 0 Å². The molecule has 2 rings (SSSR count). The Hall–Kier alpha value is -1.62. The Morgan fingerprint density at radius 3 is 2.65 bits per heavy atom. The highest BCUT2D eigenvalue weighted by Crippen LogP contribution is 2.30. The smallest absolute Gasteiger partial charge is 0.188 e. The zero-order valence-electron chi connectivity index (χ0n) is 9.57. The first-order valence-electron chi connectivity index (χ1n) is 5.46. The Morgan fingerprint density at radius 2 is 2.06 bits per heavy atom. The number of rotatable bonds is 2. The molecule has 5 heteroatoms. The van der Waals surface area contributed by atoms with Crippen LogP contribution in [0.1, 0.15) is 17.3 Å². The van der Waals surface area contributed by atoms with Gasteiger partial charge in [0.15, 0.2) is 17.3 Å². The molecular formula is C12H14FNO3. The first kappa shape index (κ1) is 11.9. The third kappa shape index (κ3) is 2.24. The number of Topliss-reactive ketones (excluding diaryl/α,β-unsaturated/α-hetero) is 1. The number of ketones is 1. The molecule has 17 heavy (non-hydrogen) atoms. The van der Waals surface area contributed by atoms with Crippen LogP contribution in [0.15, 0.2) is 12.1 Å². The van der Waals surface area contributed by atoms with E-state index >= 15 is 0 Å². The first-order chi connectivity index (χ1) is 8.11. The number of halogens is 1. The quantitative estimate of drug-likeness (QED) is 0.796. The molecule has 4 nitrogen and oxygen atoms in total. The summed E-state index contributed by atoms with van der Waals surface area (Å²) >= 11 is 0. The van der Waals surface area contributed by atoms with Gasteiger partial charge in [0.25, 0.3) is 0 Å². The van der Waals surface area contributed by atoms with Crippen molar-refractivity contribution in [1.82, 2.24) is 0 Å². The number of aromatic hydroxyl groups is 1. The fourth-order valence-electron chi connectivity index (χ4n) is 1.89. The number of hydrogen-bond acceptors (Lipinski definition) is 4. The van der Waals surface area contributed by atoms with E-state index in [0.29, 0.717) is 32.0 Å². The second-order valence-corrected chi connectivity index (χ2v) is 3.95. The minimum Gasteiger partial charge on any atom is -0.504 e. The lowest BCUT2D eigenvalue weighted by atomic mass is 10.1. The van der Waals surface area contributed by atoms with Crippen molar-refractivity contribution in [2.45, 2.75) is 6.92 Å². The van der Waals surface area contributed by atoms with Crippen LogP contribution in [0.4, 0.5) is 10.1 Å². The Morgan fingerprint density at radius 1 is 1.41 bits per heavy atom. The Labute approximate surface area is 98.6 Å². The van der Waals surface area contributed by atoms with Crippen LogP contribution in [0.25, 0.3) is 0 Å². The SMILES string of the molecule is CC(=O)c1ccc(N2CCOCC2)c(F)c1O. The molecule has 0 saturated carbocycles. The summed E-state index contributed by atoms with van der Waals surface area (Å²) in [6.45, 7) is 3.53. The molecular weight excluding hydrogens is 225 g/mol. The predicted molar refractivity (Wildman–Crippen MR) is 61.1 cm³/mol. The van der Waals surface area contributed by atoms with E-state index in [-0.39, 0.29) is 11.3 Å². The maximum absolute atomic E-state index is 13.9. The van der Waals surface area contributed by atoms with E-state index in [1.807, 2.05) is 0 Å². The van der Waals surface area contributed by atoms with Crippen LogP contribution >= 0.6 is 0 Å². The molecule has 1 N–H and O–H groups in total. The fraction of sp³-hybridized carbons (Fsp3) is 0.417. The van der Waals surface area contributed by atoms with Gasteiger partial charge in [-0.05, 0) is 19.1 Å². The Bertz CT molecular complexity index is 442. The zero-order chi connectivity index (χ0) is 12.4. The summed E-state index contributed by atoms with van der Waals surface area (Å²) in [5.41, 5.74) is 0.329. The molecule has 0 spiro atoms. The summed E-state index contributed by atoms with van der Waals surface area (Å²) in [6.07, 6.45) is 0. The monoisotopic (exact) mass is 239 g/mol. The highest BCUT2D eigenvalue weighted by Gasteiger charge is 2.20. The van der Waals surface area contributed by atoms with E-state index in [0.717, 1.165) is 0 Å². The number of carbonyl (C=O) groups is 1. The molecule has 1 saturated heterocycles. The van der Waals surface area contributed by atoms with Crippen LogP contribution in [0.2, 0.25) is 0 Å². The molecule has 0 aromatic heterocycles. The lowest BCUT2D eigenvalue weighted by molar-refractivity contribution is 0.101. The number of phenols is 1. The van der Waals surface area contributed by atoms with Gasteiger partial charge in [0.1, 0.15) is 0 Å². The molecule has 1 aromatic rings. The number of morpholine rings is 1. The van der Waals surface area contributed by atoms with Crippen LogP contribution in [-0.2, 0) is 4.74 Å². The van der Waals surface area contributed by atoms with Gasteiger partial charge >= 0.3 is 0 Å². The van der Waals surface area contributed by atoms with E-state index in [1.165, 1.54) is 19.1 Å². The van der Waals surface area contributed by atoms with Crippen molar-refractivity contribution in [3.05, 3.63) is 23.5 Å². The van der Waals surface area contributed by atoms with Crippen molar-refractivity contribution in [2.75, 3.05) is 31.2 Å². The highest BCUT2D eigenvalue weighted by molar-refractivity contribution is 5.97. The number of ether oxygens (including phenoxy) is 1. The number of hydrogen-bond donors (Lipinski definition) is 1. The predicted octanol–water partition coefficient (Wildman–Crippen LogP) is 1.57. The molecule has 0 bridgehead atoms. The van der Waals surface area contributed by atoms with Crippen LogP contribution in [0.3, 0.4) is 0 Å². The molecule has 0 amide bonds. The largest absolute Gasteiger partial charge is 0.504 e. The van der Waals surface area contributed by atoms with E-state index < -0.39 is 11.6 Å². The summed E-state index contributed by atoms with van der Waals surface area (Å²) in [6, 6.07) is 2.97. The molecule has 0 unspecified atom stereocenters. The number of nitrogens with zero attached hydrogens (tertiary/aromatic N) is 1. The molecule has 0 aliphatic carbocycles. The van der Waals surface area contributed by atoms with Crippen molar-refractivity contribution in [1.29, 1.82) is 0 Å². The maximum Gasteiger partial charge on any atom is 0.188 e. The number of carbonyl (C=O) groups excluding carboxylic acids is 1. The van der Waals surface area contributed by atoms with Crippen LogP contribution < -0.4 is 4.90 Å². The van der Waals surface area contributed by atoms with Crippen molar-refractivity contribution in [3.8, 4) is 5.75 Å². The Kier molecular flexibility index (Phi) is 3.28. The van der Waals surface area contributed by atoms with Gasteiger partial charge in [0.05, 0.1) is 24.5 Å². The lowest BCUT2D eigenvalue weighted by Gasteiger charge is -2.29. The molecule has 0 radical (unpaired) electrons. The second kappa shape index (κ2) is 4.71. The minimum absolute atomic E-state index is 0.0134. The van der Waals surface area contributed by atoms with Gasteiger partial charge < -0.3 is 14.7 Å². The lowest BCUT2D eigenvalue weighted by Crippen LogP contribution is -2.36. The molecule has 1 aliphatic rings. The van der Waals surface area contributed by atoms with Gasteiger partial charge in [-0.3, -0.25) is 4.79 Å². The van der Waals surface area contributed by atoms with E-state index in [9.17, 15) is 14.3 Å². The average Bonchev–Trinajstić information content (AvgIpc) is 2.33. The first-order valence-corrected chi connectivity index (χ1v) is 5.46. The minimum atomic E-state index is -0.736. The summed E-state index contributed by atoms with van der Waals surface area (Å²) in [4.78, 5) is 12.9. The maximum atomic E-state index is 13.9. The fourth-order valence-corrected chi connectivity index (χ4v) is 1.89. The van der Waals surface area contributed by atoms with Crippen LogP contribution in [0, 0.1) is 5.82 Å². The van der Waals surface area contributed by atoms with Gasteiger partial charge in [-0.2, -0.15) is 0 Å². The summed E-state index contributed by atoms with van der Waals surface area (Å²) in [5, 5.41) is 9.63. The number of phenolic OH excluding ortho intramolecular Hbond substituents is 1. The zero-order valence-corrected chi connectivity index (χ0v) is 9.57. The third-order valence-electron chi connectivity index (χ3n) is 2.83. The van der Waals surface area contributed by atoms with Gasteiger partial charge in [-0.15, -0.1) is 0 Å². The Balaban J connectivity index is 2.36. The van der Waals surface area contributed by atoms with Crippen LogP contribution in [0.5, 0.6) is 5.75 Å². The summed E-state index contributed by atoms with van der Waals surface area (Å²) in [5.74, 6) is -1.66. The number of anilines is 1. The van der Waals surface area contributed by atoms with E-state index in [2.05, 4.69) is 0 Å².